The average molecular weight is 389 g/mol. The molecule has 0 aliphatic carbocycles. The summed E-state index contributed by atoms with van der Waals surface area (Å²) in [5, 5.41) is 2.11. The van der Waals surface area contributed by atoms with Crippen molar-refractivity contribution in [3.8, 4) is 0 Å². The van der Waals surface area contributed by atoms with Crippen LogP contribution in [0.3, 0.4) is 0 Å². The number of amides is 4. The number of rotatable bonds is 2. The van der Waals surface area contributed by atoms with Crippen LogP contribution in [-0.2, 0) is 9.59 Å². The first-order chi connectivity index (χ1) is 11.5. The number of nitrogens with zero attached hydrogens (tertiary/aromatic N) is 1. The van der Waals surface area contributed by atoms with Crippen LogP contribution >= 0.6 is 15.9 Å². The van der Waals surface area contributed by atoms with Crippen LogP contribution in [0.5, 0.6) is 0 Å². The third-order valence-corrected chi connectivity index (χ3v) is 4.11. The van der Waals surface area contributed by atoms with Gasteiger partial charge in [-0.25, -0.2) is 14.1 Å². The first-order valence-electron chi connectivity index (χ1n) is 6.89. The topological polar surface area (TPSA) is 66.5 Å². The molecule has 4 amide bonds. The lowest BCUT2D eigenvalue weighted by atomic mass is 10.1. The van der Waals surface area contributed by atoms with Crippen LogP contribution < -0.4 is 10.2 Å². The largest absolute Gasteiger partial charge is 0.335 e. The zero-order chi connectivity index (χ0) is 17.3. The van der Waals surface area contributed by atoms with Gasteiger partial charge in [0.1, 0.15) is 11.4 Å². The number of carbonyl (C=O) groups is 3. The van der Waals surface area contributed by atoms with E-state index in [0.29, 0.717) is 10.0 Å². The summed E-state index contributed by atoms with van der Waals surface area (Å²) in [7, 11) is 0. The summed E-state index contributed by atoms with van der Waals surface area (Å²) in [6.07, 6.45) is 1.39. The second-order valence-electron chi connectivity index (χ2n) is 4.96. The molecule has 1 N–H and O–H groups in total. The first kappa shape index (κ1) is 16.1. The molecule has 1 fully saturated rings. The molecule has 0 atom stereocenters. The lowest BCUT2D eigenvalue weighted by molar-refractivity contribution is -0.122. The normalized spacial score (nSPS) is 16.5. The Morgan fingerprint density at radius 1 is 1.00 bits per heavy atom. The van der Waals surface area contributed by atoms with Crippen LogP contribution in [0.4, 0.5) is 14.9 Å². The highest BCUT2D eigenvalue weighted by Gasteiger charge is 2.36. The summed E-state index contributed by atoms with van der Waals surface area (Å²) in [6.45, 7) is 0. The Morgan fingerprint density at radius 2 is 1.67 bits per heavy atom. The zero-order valence-corrected chi connectivity index (χ0v) is 13.7. The van der Waals surface area contributed by atoms with Gasteiger partial charge in [0, 0.05) is 4.47 Å². The molecule has 0 radical (unpaired) electrons. The minimum Gasteiger partial charge on any atom is -0.273 e. The summed E-state index contributed by atoms with van der Waals surface area (Å²) in [6, 6.07) is 11.0. The maximum Gasteiger partial charge on any atom is 0.335 e. The van der Waals surface area contributed by atoms with Crippen molar-refractivity contribution >= 4 is 45.5 Å². The van der Waals surface area contributed by atoms with E-state index in [4.69, 9.17) is 0 Å². The summed E-state index contributed by atoms with van der Waals surface area (Å²) >= 11 is 3.33. The number of halogens is 2. The number of barbiturate groups is 1. The molecule has 120 valence electrons. The number of hydrogen-bond donors (Lipinski definition) is 1. The van der Waals surface area contributed by atoms with Gasteiger partial charge in [-0.15, -0.1) is 0 Å². The number of imide groups is 2. The van der Waals surface area contributed by atoms with Crippen LogP contribution in [0.2, 0.25) is 0 Å². The van der Waals surface area contributed by atoms with E-state index in [1.807, 2.05) is 0 Å². The molecule has 2 aromatic carbocycles. The molecule has 2 aromatic rings. The van der Waals surface area contributed by atoms with Gasteiger partial charge in [-0.05, 0) is 42.0 Å². The molecule has 0 unspecified atom stereocenters. The maximum atomic E-state index is 13.0. The van der Waals surface area contributed by atoms with Crippen LogP contribution in [-0.4, -0.2) is 17.8 Å². The van der Waals surface area contributed by atoms with Gasteiger partial charge >= 0.3 is 6.03 Å². The number of urea groups is 1. The van der Waals surface area contributed by atoms with Gasteiger partial charge in [0.15, 0.2) is 0 Å². The van der Waals surface area contributed by atoms with Crippen LogP contribution in [0, 0.1) is 5.82 Å². The van der Waals surface area contributed by atoms with Gasteiger partial charge < -0.3 is 0 Å². The van der Waals surface area contributed by atoms with Crippen molar-refractivity contribution < 1.29 is 18.8 Å². The van der Waals surface area contributed by atoms with Crippen molar-refractivity contribution in [1.29, 1.82) is 0 Å². The summed E-state index contributed by atoms with van der Waals surface area (Å²) in [4.78, 5) is 37.5. The molecule has 0 aromatic heterocycles. The van der Waals surface area contributed by atoms with Crippen molar-refractivity contribution in [2.45, 2.75) is 0 Å². The molecule has 0 saturated carbocycles. The Balaban J connectivity index is 2.03. The number of nitrogens with one attached hydrogen (secondary N) is 1. The second kappa shape index (κ2) is 6.37. The van der Waals surface area contributed by atoms with Crippen LogP contribution in [0.25, 0.3) is 6.08 Å². The smallest absolute Gasteiger partial charge is 0.273 e. The highest BCUT2D eigenvalue weighted by molar-refractivity contribution is 9.10. The van der Waals surface area contributed by atoms with E-state index < -0.39 is 23.7 Å². The molecule has 5 nitrogen and oxygen atoms in total. The minimum atomic E-state index is -0.874. The van der Waals surface area contributed by atoms with Crippen molar-refractivity contribution in [2.24, 2.45) is 0 Å². The van der Waals surface area contributed by atoms with Crippen molar-refractivity contribution in [1.82, 2.24) is 5.32 Å². The van der Waals surface area contributed by atoms with E-state index in [-0.39, 0.29) is 11.3 Å². The predicted molar refractivity (Wildman–Crippen MR) is 89.5 cm³/mol. The monoisotopic (exact) mass is 388 g/mol. The van der Waals surface area contributed by atoms with Crippen LogP contribution in [0.15, 0.2) is 58.6 Å². The van der Waals surface area contributed by atoms with Crippen molar-refractivity contribution in [3.63, 3.8) is 0 Å². The Labute approximate surface area is 144 Å². The lowest BCUT2D eigenvalue weighted by Crippen LogP contribution is -2.54. The molecule has 1 saturated heterocycles. The molecule has 1 heterocycles. The second-order valence-corrected chi connectivity index (χ2v) is 5.81. The molecular weight excluding hydrogens is 379 g/mol. The van der Waals surface area contributed by atoms with E-state index in [1.54, 1.807) is 24.3 Å². The highest BCUT2D eigenvalue weighted by atomic mass is 79.9. The van der Waals surface area contributed by atoms with E-state index >= 15 is 0 Å². The van der Waals surface area contributed by atoms with E-state index in [0.717, 1.165) is 17.0 Å². The quantitative estimate of drug-likeness (QED) is 0.634. The number of anilines is 1. The standard InChI is InChI=1S/C17H10BrFN2O3/c18-14-4-2-1-3-10(14)9-13-15(22)20-17(24)21(16(13)23)12-7-5-11(19)6-8-12/h1-9H,(H,20,22,24). The van der Waals surface area contributed by atoms with Gasteiger partial charge in [-0.2, -0.15) is 0 Å². The van der Waals surface area contributed by atoms with Crippen molar-refractivity contribution in [2.75, 3.05) is 4.90 Å². The Bertz CT molecular complexity index is 878. The minimum absolute atomic E-state index is 0.171. The number of hydrogen-bond acceptors (Lipinski definition) is 3. The fraction of sp³-hybridized carbons (Fsp3) is 0. The zero-order valence-electron chi connectivity index (χ0n) is 12.1. The predicted octanol–water partition coefficient (Wildman–Crippen LogP) is 3.25. The van der Waals surface area contributed by atoms with E-state index in [9.17, 15) is 18.8 Å². The Morgan fingerprint density at radius 3 is 2.33 bits per heavy atom. The van der Waals surface area contributed by atoms with Gasteiger partial charge in [0.2, 0.25) is 0 Å². The molecule has 0 spiro atoms. The van der Waals surface area contributed by atoms with Gasteiger partial charge in [-0.1, -0.05) is 34.1 Å². The molecular formula is C17H10BrFN2O3. The highest BCUT2D eigenvalue weighted by Crippen LogP contribution is 2.24. The molecule has 1 aliphatic rings. The number of carbonyl (C=O) groups excluding carboxylic acids is 3. The Hall–Kier alpha value is -2.80. The molecule has 7 heteroatoms. The molecule has 24 heavy (non-hydrogen) atoms. The number of benzene rings is 2. The van der Waals surface area contributed by atoms with Gasteiger partial charge in [0.25, 0.3) is 11.8 Å². The third-order valence-electron chi connectivity index (χ3n) is 3.39. The third kappa shape index (κ3) is 2.98. The average Bonchev–Trinajstić information content (AvgIpc) is 2.54. The first-order valence-corrected chi connectivity index (χ1v) is 7.68. The Kier molecular flexibility index (Phi) is 4.26. The van der Waals surface area contributed by atoms with Gasteiger partial charge in [-0.3, -0.25) is 14.9 Å². The lowest BCUT2D eigenvalue weighted by Gasteiger charge is -2.26. The molecule has 1 aliphatic heterocycles. The molecule has 0 bridgehead atoms. The van der Waals surface area contributed by atoms with E-state index in [1.165, 1.54) is 18.2 Å². The van der Waals surface area contributed by atoms with Crippen LogP contribution in [0.1, 0.15) is 5.56 Å². The fourth-order valence-electron chi connectivity index (χ4n) is 2.23. The van der Waals surface area contributed by atoms with Crippen molar-refractivity contribution in [3.05, 3.63) is 70.0 Å². The van der Waals surface area contributed by atoms with Gasteiger partial charge in [0.05, 0.1) is 5.69 Å². The summed E-state index contributed by atoms with van der Waals surface area (Å²) in [5.41, 5.74) is 0.597. The summed E-state index contributed by atoms with van der Waals surface area (Å²) in [5.74, 6) is -2.05. The maximum absolute atomic E-state index is 13.0. The van der Waals surface area contributed by atoms with E-state index in [2.05, 4.69) is 21.2 Å². The summed E-state index contributed by atoms with van der Waals surface area (Å²) < 4.78 is 13.7. The molecule has 3 rings (SSSR count). The fourth-order valence-corrected chi connectivity index (χ4v) is 2.63. The SMILES string of the molecule is O=C1NC(=O)N(c2ccc(F)cc2)C(=O)C1=Cc1ccccc1Br.